The molecule has 2 N–H and O–H groups in total. The van der Waals surface area contributed by atoms with Crippen LogP contribution in [-0.2, 0) is 10.2 Å². The van der Waals surface area contributed by atoms with Crippen molar-refractivity contribution in [2.24, 2.45) is 4.99 Å². The SMILES string of the molecule is CN=C(NCC(C)(C)c1ccccc1Cl)NC(C)COC.I. The Morgan fingerprint density at radius 3 is 2.55 bits per heavy atom. The highest BCUT2D eigenvalue weighted by Gasteiger charge is 2.23. The molecule has 0 amide bonds. The van der Waals surface area contributed by atoms with Gasteiger partial charge in [-0.05, 0) is 18.6 Å². The molecule has 0 aliphatic heterocycles. The molecule has 0 aliphatic carbocycles. The molecule has 0 fully saturated rings. The van der Waals surface area contributed by atoms with Crippen LogP contribution in [0.4, 0.5) is 0 Å². The van der Waals surface area contributed by atoms with Gasteiger partial charge in [-0.2, -0.15) is 0 Å². The number of nitrogens with one attached hydrogen (secondary N) is 2. The first-order chi connectivity index (χ1) is 9.90. The molecule has 1 rings (SSSR count). The highest BCUT2D eigenvalue weighted by atomic mass is 127. The van der Waals surface area contributed by atoms with Crippen molar-refractivity contribution < 1.29 is 4.74 Å². The van der Waals surface area contributed by atoms with Gasteiger partial charge in [0.1, 0.15) is 0 Å². The predicted molar refractivity (Wildman–Crippen MR) is 106 cm³/mol. The summed E-state index contributed by atoms with van der Waals surface area (Å²) in [5.41, 5.74) is 1.03. The summed E-state index contributed by atoms with van der Waals surface area (Å²) >= 11 is 6.29. The molecule has 4 nitrogen and oxygen atoms in total. The smallest absolute Gasteiger partial charge is 0.191 e. The predicted octanol–water partition coefficient (Wildman–Crippen LogP) is 3.44. The van der Waals surface area contributed by atoms with E-state index in [4.69, 9.17) is 16.3 Å². The number of guanidine groups is 1. The molecule has 1 aromatic rings. The summed E-state index contributed by atoms with van der Waals surface area (Å²) in [4.78, 5) is 4.24. The maximum absolute atomic E-state index is 6.29. The maximum atomic E-state index is 6.29. The first kappa shape index (κ1) is 21.5. The summed E-state index contributed by atoms with van der Waals surface area (Å²) in [7, 11) is 3.45. The largest absolute Gasteiger partial charge is 0.383 e. The molecule has 0 aromatic heterocycles. The zero-order valence-corrected chi connectivity index (χ0v) is 17.0. The van der Waals surface area contributed by atoms with Gasteiger partial charge in [-0.15, -0.1) is 24.0 Å². The fraction of sp³-hybridized carbons (Fsp3) is 0.562. The molecule has 0 heterocycles. The van der Waals surface area contributed by atoms with Gasteiger partial charge in [-0.25, -0.2) is 0 Å². The van der Waals surface area contributed by atoms with Crippen molar-refractivity contribution in [2.45, 2.75) is 32.2 Å². The van der Waals surface area contributed by atoms with E-state index in [1.807, 2.05) is 18.2 Å². The van der Waals surface area contributed by atoms with Crippen LogP contribution in [0.5, 0.6) is 0 Å². The van der Waals surface area contributed by atoms with Crippen LogP contribution in [0.3, 0.4) is 0 Å². The Bertz CT molecular complexity index is 480. The Balaban J connectivity index is 0.00000441. The third-order valence-corrected chi connectivity index (χ3v) is 3.65. The van der Waals surface area contributed by atoms with Gasteiger partial charge in [0.25, 0.3) is 0 Å². The molecule has 22 heavy (non-hydrogen) atoms. The lowest BCUT2D eigenvalue weighted by atomic mass is 9.84. The fourth-order valence-electron chi connectivity index (χ4n) is 2.13. The summed E-state index contributed by atoms with van der Waals surface area (Å²) in [6, 6.07) is 8.14. The Labute approximate surface area is 156 Å². The number of halogens is 2. The summed E-state index contributed by atoms with van der Waals surface area (Å²) in [6.07, 6.45) is 0. The molecule has 0 spiro atoms. The zero-order chi connectivity index (χ0) is 15.9. The lowest BCUT2D eigenvalue weighted by Crippen LogP contribution is -2.47. The lowest BCUT2D eigenvalue weighted by Gasteiger charge is -2.28. The van der Waals surface area contributed by atoms with Gasteiger partial charge in [-0.1, -0.05) is 43.6 Å². The highest BCUT2D eigenvalue weighted by molar-refractivity contribution is 14.0. The minimum absolute atomic E-state index is 0. The first-order valence-corrected chi connectivity index (χ1v) is 7.49. The molecular weight excluding hydrogens is 413 g/mol. The maximum Gasteiger partial charge on any atom is 0.191 e. The van der Waals surface area contributed by atoms with Crippen LogP contribution < -0.4 is 10.6 Å². The van der Waals surface area contributed by atoms with Crippen LogP contribution in [0.1, 0.15) is 26.3 Å². The summed E-state index contributed by atoms with van der Waals surface area (Å²) in [5, 5.41) is 7.43. The van der Waals surface area contributed by atoms with Gasteiger partial charge in [0.15, 0.2) is 5.96 Å². The second-order valence-electron chi connectivity index (χ2n) is 5.79. The molecule has 0 saturated carbocycles. The zero-order valence-electron chi connectivity index (χ0n) is 13.9. The average molecular weight is 440 g/mol. The Hall–Kier alpha value is -0.530. The Morgan fingerprint density at radius 1 is 1.36 bits per heavy atom. The lowest BCUT2D eigenvalue weighted by molar-refractivity contribution is 0.179. The minimum Gasteiger partial charge on any atom is -0.383 e. The van der Waals surface area contributed by atoms with Crippen LogP contribution in [0.25, 0.3) is 0 Å². The van der Waals surface area contributed by atoms with E-state index in [9.17, 15) is 0 Å². The fourth-order valence-corrected chi connectivity index (χ4v) is 2.52. The molecular formula is C16H27ClIN3O. The quantitative estimate of drug-likeness (QED) is 0.405. The average Bonchev–Trinajstić information content (AvgIpc) is 2.44. The van der Waals surface area contributed by atoms with Crippen LogP contribution in [0.2, 0.25) is 5.02 Å². The van der Waals surface area contributed by atoms with Crippen LogP contribution in [-0.4, -0.2) is 39.3 Å². The molecule has 126 valence electrons. The van der Waals surface area contributed by atoms with Gasteiger partial charge in [-0.3, -0.25) is 4.99 Å². The monoisotopic (exact) mass is 439 g/mol. The highest BCUT2D eigenvalue weighted by Crippen LogP contribution is 2.28. The van der Waals surface area contributed by atoms with Gasteiger partial charge < -0.3 is 15.4 Å². The number of nitrogens with zero attached hydrogens (tertiary/aromatic N) is 1. The third kappa shape index (κ3) is 6.71. The van der Waals surface area contributed by atoms with E-state index in [-0.39, 0.29) is 35.4 Å². The molecule has 0 radical (unpaired) electrons. The molecule has 1 aromatic carbocycles. The topological polar surface area (TPSA) is 45.7 Å². The van der Waals surface area contributed by atoms with E-state index in [1.54, 1.807) is 14.2 Å². The van der Waals surface area contributed by atoms with Crippen LogP contribution >= 0.6 is 35.6 Å². The Kier molecular flexibility index (Phi) is 10.0. The van der Waals surface area contributed by atoms with Crippen molar-refractivity contribution in [3.05, 3.63) is 34.9 Å². The number of aliphatic imine (C=N–C) groups is 1. The van der Waals surface area contributed by atoms with E-state index < -0.39 is 0 Å². The number of hydrogen-bond donors (Lipinski definition) is 2. The first-order valence-electron chi connectivity index (χ1n) is 7.12. The number of ether oxygens (including phenoxy) is 1. The number of rotatable bonds is 6. The normalized spacial score (nSPS) is 13.3. The summed E-state index contributed by atoms with van der Waals surface area (Å²) in [5.74, 6) is 0.764. The third-order valence-electron chi connectivity index (χ3n) is 3.32. The van der Waals surface area contributed by atoms with Crippen molar-refractivity contribution in [3.63, 3.8) is 0 Å². The van der Waals surface area contributed by atoms with Gasteiger partial charge in [0, 0.05) is 37.2 Å². The molecule has 0 saturated heterocycles. The van der Waals surface area contributed by atoms with Gasteiger partial charge >= 0.3 is 0 Å². The summed E-state index contributed by atoms with van der Waals surface area (Å²) < 4.78 is 5.12. The van der Waals surface area contributed by atoms with Crippen molar-refractivity contribution in [2.75, 3.05) is 27.3 Å². The number of benzene rings is 1. The molecule has 0 aliphatic rings. The van der Waals surface area contributed by atoms with Crippen LogP contribution in [0.15, 0.2) is 29.3 Å². The van der Waals surface area contributed by atoms with E-state index in [0.717, 1.165) is 23.1 Å². The molecule has 1 atom stereocenters. The van der Waals surface area contributed by atoms with E-state index in [1.165, 1.54) is 0 Å². The van der Waals surface area contributed by atoms with E-state index in [0.29, 0.717) is 6.61 Å². The van der Waals surface area contributed by atoms with Gasteiger partial charge in [0.2, 0.25) is 0 Å². The molecule has 0 bridgehead atoms. The standard InChI is InChI=1S/C16H26ClN3O.HI/c1-12(10-21-5)20-15(18-4)19-11-16(2,3)13-8-6-7-9-14(13)17;/h6-9,12H,10-11H2,1-5H3,(H2,18,19,20);1H. The Morgan fingerprint density at radius 2 is 2.00 bits per heavy atom. The number of methoxy groups -OCH3 is 1. The van der Waals surface area contributed by atoms with E-state index in [2.05, 4.69) is 42.5 Å². The summed E-state index contributed by atoms with van der Waals surface area (Å²) in [6.45, 7) is 7.74. The second kappa shape index (κ2) is 10.3. The van der Waals surface area contributed by atoms with Gasteiger partial charge in [0.05, 0.1) is 6.61 Å². The van der Waals surface area contributed by atoms with Crippen molar-refractivity contribution in [1.82, 2.24) is 10.6 Å². The van der Waals surface area contributed by atoms with Crippen molar-refractivity contribution in [1.29, 1.82) is 0 Å². The second-order valence-corrected chi connectivity index (χ2v) is 6.20. The number of hydrogen-bond acceptors (Lipinski definition) is 2. The molecule has 1 unspecified atom stereocenters. The van der Waals surface area contributed by atoms with E-state index >= 15 is 0 Å². The van der Waals surface area contributed by atoms with Crippen LogP contribution in [0, 0.1) is 0 Å². The minimum atomic E-state index is -0.0968. The van der Waals surface area contributed by atoms with Crippen molar-refractivity contribution in [3.8, 4) is 0 Å². The molecule has 6 heteroatoms. The van der Waals surface area contributed by atoms with Crippen molar-refractivity contribution >= 4 is 41.5 Å².